The van der Waals surface area contributed by atoms with E-state index in [1.165, 1.54) is 5.56 Å². The predicted molar refractivity (Wildman–Crippen MR) is 104 cm³/mol. The summed E-state index contributed by atoms with van der Waals surface area (Å²) in [5, 5.41) is 12.0. The summed E-state index contributed by atoms with van der Waals surface area (Å²) in [6.07, 6.45) is 1.81. The quantitative estimate of drug-likeness (QED) is 0.692. The zero-order chi connectivity index (χ0) is 17.8. The van der Waals surface area contributed by atoms with Crippen LogP contribution < -0.4 is 5.32 Å². The fraction of sp³-hybridized carbons (Fsp3) is 0.105. The third-order valence-corrected chi connectivity index (χ3v) is 4.86. The fourth-order valence-electron chi connectivity index (χ4n) is 2.10. The van der Waals surface area contributed by atoms with Crippen molar-refractivity contribution in [2.24, 2.45) is 0 Å². The molecule has 0 aliphatic rings. The molecule has 2 aromatic carbocycles. The van der Waals surface area contributed by atoms with E-state index in [0.717, 1.165) is 22.5 Å². The Morgan fingerprint density at radius 2 is 1.52 bits per heavy atom. The zero-order valence-corrected chi connectivity index (χ0v) is 15.4. The Bertz CT molecular complexity index is 915. The van der Waals surface area contributed by atoms with Crippen LogP contribution >= 0.6 is 22.9 Å². The molecule has 126 valence electrons. The Morgan fingerprint density at radius 1 is 0.960 bits per heavy atom. The second-order valence-electron chi connectivity index (χ2n) is 5.64. The predicted octanol–water partition coefficient (Wildman–Crippen LogP) is 5.14. The molecule has 3 rings (SSSR count). The van der Waals surface area contributed by atoms with Gasteiger partial charge >= 0.3 is 0 Å². The first-order valence-electron chi connectivity index (χ1n) is 7.67. The molecule has 6 heteroatoms. The third-order valence-electron chi connectivity index (χ3n) is 3.50. The highest BCUT2D eigenvalue weighted by Gasteiger charge is 2.14. The molecule has 1 aromatic heterocycles. The van der Waals surface area contributed by atoms with Gasteiger partial charge in [-0.05, 0) is 37.6 Å². The van der Waals surface area contributed by atoms with Crippen LogP contribution in [0.1, 0.15) is 31.5 Å². The molecule has 1 N–H and O–H groups in total. The highest BCUT2D eigenvalue weighted by Crippen LogP contribution is 2.26. The number of nitrogens with zero attached hydrogens (tertiary/aromatic N) is 2. The van der Waals surface area contributed by atoms with Crippen molar-refractivity contribution in [1.29, 1.82) is 0 Å². The van der Waals surface area contributed by atoms with E-state index < -0.39 is 0 Å². The van der Waals surface area contributed by atoms with Gasteiger partial charge in [-0.25, -0.2) is 0 Å². The standard InChI is InChI=1S/C19H16ClN3OS/c1-12-3-7-14(8-4-12)11-16(20)18-22-23-19(25-18)17(24)21-15-9-5-13(2)6-10-15/h3-11H,1-2H3,(H,21,24)/b16-11-. The van der Waals surface area contributed by atoms with Gasteiger partial charge in [-0.15, -0.1) is 10.2 Å². The minimum Gasteiger partial charge on any atom is -0.320 e. The summed E-state index contributed by atoms with van der Waals surface area (Å²) in [6, 6.07) is 15.5. The molecule has 1 heterocycles. The number of aryl methyl sites for hydroxylation is 2. The molecule has 0 aliphatic heterocycles. The Morgan fingerprint density at radius 3 is 2.16 bits per heavy atom. The molecule has 0 fully saturated rings. The molecule has 3 aromatic rings. The first-order chi connectivity index (χ1) is 12.0. The van der Waals surface area contributed by atoms with Gasteiger partial charge in [0, 0.05) is 5.69 Å². The first-order valence-corrected chi connectivity index (χ1v) is 8.86. The second kappa shape index (κ2) is 7.59. The van der Waals surface area contributed by atoms with Crippen molar-refractivity contribution in [1.82, 2.24) is 10.2 Å². The molecule has 0 radical (unpaired) electrons. The zero-order valence-electron chi connectivity index (χ0n) is 13.8. The van der Waals surface area contributed by atoms with Gasteiger partial charge in [0.2, 0.25) is 5.01 Å². The maximum absolute atomic E-state index is 12.3. The van der Waals surface area contributed by atoms with Crippen LogP contribution in [-0.4, -0.2) is 16.1 Å². The molecule has 1 amide bonds. The summed E-state index contributed by atoms with van der Waals surface area (Å²) >= 11 is 7.47. The minimum atomic E-state index is -0.299. The monoisotopic (exact) mass is 369 g/mol. The highest BCUT2D eigenvalue weighted by atomic mass is 35.5. The lowest BCUT2D eigenvalue weighted by Gasteiger charge is -2.02. The van der Waals surface area contributed by atoms with Gasteiger partial charge in [0.15, 0.2) is 5.01 Å². The number of benzene rings is 2. The third kappa shape index (κ3) is 4.53. The Labute approximate surface area is 155 Å². The fourth-order valence-corrected chi connectivity index (χ4v) is 3.03. The van der Waals surface area contributed by atoms with Crippen LogP contribution in [0.3, 0.4) is 0 Å². The summed E-state index contributed by atoms with van der Waals surface area (Å²) in [7, 11) is 0. The molecule has 0 spiro atoms. The topological polar surface area (TPSA) is 54.9 Å². The molecule has 0 atom stereocenters. The molecule has 0 unspecified atom stereocenters. The van der Waals surface area contributed by atoms with Gasteiger partial charge in [-0.3, -0.25) is 4.79 Å². The van der Waals surface area contributed by atoms with E-state index in [1.807, 2.05) is 68.5 Å². The number of nitrogens with one attached hydrogen (secondary N) is 1. The molecule has 0 bridgehead atoms. The average Bonchev–Trinajstić information content (AvgIpc) is 3.09. The van der Waals surface area contributed by atoms with Crippen molar-refractivity contribution in [2.45, 2.75) is 13.8 Å². The van der Waals surface area contributed by atoms with E-state index in [0.29, 0.717) is 15.7 Å². The smallest absolute Gasteiger partial charge is 0.286 e. The number of anilines is 1. The van der Waals surface area contributed by atoms with Crippen LogP contribution in [0.15, 0.2) is 48.5 Å². The largest absolute Gasteiger partial charge is 0.320 e. The SMILES string of the molecule is Cc1ccc(/C=C(\Cl)c2nnc(C(=O)Nc3ccc(C)cc3)s2)cc1. The Balaban J connectivity index is 1.73. The molecular weight excluding hydrogens is 354 g/mol. The normalized spacial score (nSPS) is 11.4. The van der Waals surface area contributed by atoms with E-state index in [-0.39, 0.29) is 10.9 Å². The maximum atomic E-state index is 12.3. The van der Waals surface area contributed by atoms with Crippen molar-refractivity contribution in [3.63, 3.8) is 0 Å². The average molecular weight is 370 g/mol. The number of amides is 1. The summed E-state index contributed by atoms with van der Waals surface area (Å²) in [5.41, 5.74) is 3.99. The Hall–Kier alpha value is -2.50. The van der Waals surface area contributed by atoms with Gasteiger partial charge in [0.25, 0.3) is 5.91 Å². The maximum Gasteiger partial charge on any atom is 0.286 e. The first kappa shape index (κ1) is 17.3. The highest BCUT2D eigenvalue weighted by molar-refractivity contribution is 7.15. The molecule has 0 saturated heterocycles. The summed E-state index contributed by atoms with van der Waals surface area (Å²) in [4.78, 5) is 12.3. The van der Waals surface area contributed by atoms with Crippen molar-refractivity contribution in [2.75, 3.05) is 5.32 Å². The van der Waals surface area contributed by atoms with Gasteiger partial charge in [0.1, 0.15) is 0 Å². The van der Waals surface area contributed by atoms with Gasteiger partial charge in [0.05, 0.1) is 5.03 Å². The Kier molecular flexibility index (Phi) is 5.26. The van der Waals surface area contributed by atoms with E-state index in [2.05, 4.69) is 15.5 Å². The lowest BCUT2D eigenvalue weighted by atomic mass is 10.1. The number of rotatable bonds is 4. The van der Waals surface area contributed by atoms with Crippen molar-refractivity contribution < 1.29 is 4.79 Å². The van der Waals surface area contributed by atoms with E-state index in [9.17, 15) is 4.79 Å². The van der Waals surface area contributed by atoms with Gasteiger partial charge in [-0.2, -0.15) is 0 Å². The molecule has 0 aliphatic carbocycles. The second-order valence-corrected chi connectivity index (χ2v) is 7.02. The lowest BCUT2D eigenvalue weighted by molar-refractivity contribution is 0.102. The number of carbonyl (C=O) groups excluding carboxylic acids is 1. The van der Waals surface area contributed by atoms with Crippen molar-refractivity contribution >= 4 is 45.6 Å². The number of carbonyl (C=O) groups is 1. The summed E-state index contributed by atoms with van der Waals surface area (Å²) in [5.74, 6) is -0.299. The van der Waals surface area contributed by atoms with Crippen molar-refractivity contribution in [3.05, 3.63) is 75.2 Å². The molecule has 4 nitrogen and oxygen atoms in total. The number of aromatic nitrogens is 2. The molecule has 25 heavy (non-hydrogen) atoms. The van der Waals surface area contributed by atoms with Crippen LogP contribution in [0, 0.1) is 13.8 Å². The van der Waals surface area contributed by atoms with Crippen LogP contribution in [0.5, 0.6) is 0 Å². The summed E-state index contributed by atoms with van der Waals surface area (Å²) < 4.78 is 0. The minimum absolute atomic E-state index is 0.269. The van der Waals surface area contributed by atoms with Crippen molar-refractivity contribution in [3.8, 4) is 0 Å². The number of hydrogen-bond donors (Lipinski definition) is 1. The van der Waals surface area contributed by atoms with Gasteiger partial charge < -0.3 is 5.32 Å². The van der Waals surface area contributed by atoms with Crippen LogP contribution in [0.25, 0.3) is 11.1 Å². The molecular formula is C19H16ClN3OS. The molecule has 0 saturated carbocycles. The number of halogens is 1. The van der Waals surface area contributed by atoms with Crippen LogP contribution in [-0.2, 0) is 0 Å². The summed E-state index contributed by atoms with van der Waals surface area (Å²) in [6.45, 7) is 4.02. The van der Waals surface area contributed by atoms with Gasteiger partial charge in [-0.1, -0.05) is 70.5 Å². The lowest BCUT2D eigenvalue weighted by Crippen LogP contribution is -2.11. The number of hydrogen-bond acceptors (Lipinski definition) is 4. The van der Waals surface area contributed by atoms with E-state index in [4.69, 9.17) is 11.6 Å². The van der Waals surface area contributed by atoms with E-state index >= 15 is 0 Å². The van der Waals surface area contributed by atoms with Crippen LogP contribution in [0.2, 0.25) is 0 Å². The van der Waals surface area contributed by atoms with E-state index in [1.54, 1.807) is 0 Å². The van der Waals surface area contributed by atoms with Crippen LogP contribution in [0.4, 0.5) is 5.69 Å².